The number of benzene rings is 1. The molecule has 0 atom stereocenters. The molecule has 1 rings (SSSR count). The Labute approximate surface area is 234 Å². The van der Waals surface area contributed by atoms with Gasteiger partial charge in [0.25, 0.3) is 0 Å². The van der Waals surface area contributed by atoms with Crippen LogP contribution in [0, 0.1) is 0 Å². The van der Waals surface area contributed by atoms with Gasteiger partial charge in [-0.25, -0.2) is 0 Å². The van der Waals surface area contributed by atoms with Crippen molar-refractivity contribution in [2.45, 2.75) is 110 Å². The Balaban J connectivity index is 1.65. The summed E-state index contributed by atoms with van der Waals surface area (Å²) in [7, 11) is 0. The van der Waals surface area contributed by atoms with Crippen LogP contribution in [0.3, 0.4) is 0 Å². The van der Waals surface area contributed by atoms with Gasteiger partial charge in [0.1, 0.15) is 12.4 Å². The predicted octanol–water partition coefficient (Wildman–Crippen LogP) is 7.98. The van der Waals surface area contributed by atoms with Crippen molar-refractivity contribution < 1.29 is 23.7 Å². The Kier molecular flexibility index (Phi) is 26.2. The van der Waals surface area contributed by atoms with E-state index in [9.17, 15) is 0 Å². The van der Waals surface area contributed by atoms with E-state index in [2.05, 4.69) is 6.92 Å². The van der Waals surface area contributed by atoms with Crippen molar-refractivity contribution in [2.24, 2.45) is 0 Å². The van der Waals surface area contributed by atoms with Crippen molar-refractivity contribution >= 4 is 5.69 Å². The Morgan fingerprint density at radius 1 is 0.447 bits per heavy atom. The molecule has 0 saturated carbocycles. The summed E-state index contributed by atoms with van der Waals surface area (Å²) in [5, 5.41) is 0. The fourth-order valence-electron chi connectivity index (χ4n) is 4.34. The molecule has 0 fully saturated rings. The Morgan fingerprint density at radius 3 is 1.26 bits per heavy atom. The molecule has 0 saturated heterocycles. The molecule has 0 amide bonds. The van der Waals surface area contributed by atoms with Gasteiger partial charge in [-0.3, -0.25) is 0 Å². The summed E-state index contributed by atoms with van der Waals surface area (Å²) in [5.41, 5.74) is 6.47. The molecule has 6 nitrogen and oxygen atoms in total. The summed E-state index contributed by atoms with van der Waals surface area (Å²) in [4.78, 5) is 0. The summed E-state index contributed by atoms with van der Waals surface area (Å²) in [6.45, 7) is 7.63. The molecule has 0 aliphatic carbocycles. The second-order valence-electron chi connectivity index (χ2n) is 10.1. The van der Waals surface area contributed by atoms with Crippen LogP contribution in [0.5, 0.6) is 5.75 Å². The van der Waals surface area contributed by atoms with E-state index in [1.54, 1.807) is 0 Å². The standard InChI is InChI=1S/C32H59NO5/c1-2-3-4-5-6-7-8-9-10-11-12-13-14-15-16-19-22-34-23-24-35-25-26-36-27-28-37-29-30-38-32-21-18-17-20-31(32)33/h17-18,20-21H,2-16,19,22-30,33H2,1H3. The van der Waals surface area contributed by atoms with Crippen molar-refractivity contribution in [3.05, 3.63) is 24.3 Å². The number of nitrogen functional groups attached to an aromatic ring is 1. The highest BCUT2D eigenvalue weighted by Crippen LogP contribution is 2.19. The maximum atomic E-state index is 5.83. The normalized spacial score (nSPS) is 11.3. The number of anilines is 1. The quantitative estimate of drug-likeness (QED) is 0.0792. The number of ether oxygens (including phenoxy) is 5. The maximum Gasteiger partial charge on any atom is 0.142 e. The highest BCUT2D eigenvalue weighted by Gasteiger charge is 1.99. The number of unbranched alkanes of at least 4 members (excludes halogenated alkanes) is 15. The lowest BCUT2D eigenvalue weighted by molar-refractivity contribution is -0.00485. The van der Waals surface area contributed by atoms with Crippen LogP contribution in [0.15, 0.2) is 24.3 Å². The van der Waals surface area contributed by atoms with Gasteiger partial charge in [-0.05, 0) is 18.6 Å². The fourth-order valence-corrected chi connectivity index (χ4v) is 4.34. The molecular weight excluding hydrogens is 478 g/mol. The van der Waals surface area contributed by atoms with Gasteiger partial charge >= 0.3 is 0 Å². The van der Waals surface area contributed by atoms with Crippen LogP contribution in [0.1, 0.15) is 110 Å². The number of rotatable bonds is 30. The third kappa shape index (κ3) is 23.8. The lowest BCUT2D eigenvalue weighted by Gasteiger charge is -2.09. The van der Waals surface area contributed by atoms with Crippen LogP contribution in [0.2, 0.25) is 0 Å². The molecule has 0 bridgehead atoms. The van der Waals surface area contributed by atoms with Gasteiger partial charge in [-0.2, -0.15) is 0 Å². The lowest BCUT2D eigenvalue weighted by Crippen LogP contribution is -2.14. The van der Waals surface area contributed by atoms with Gasteiger partial charge in [0.05, 0.1) is 51.9 Å². The monoisotopic (exact) mass is 537 g/mol. The van der Waals surface area contributed by atoms with Crippen LogP contribution in [-0.2, 0) is 18.9 Å². The van der Waals surface area contributed by atoms with Gasteiger partial charge < -0.3 is 29.4 Å². The zero-order chi connectivity index (χ0) is 27.2. The van der Waals surface area contributed by atoms with E-state index in [0.29, 0.717) is 64.3 Å². The van der Waals surface area contributed by atoms with Crippen LogP contribution in [0.25, 0.3) is 0 Å². The second kappa shape index (κ2) is 28.7. The summed E-state index contributed by atoms with van der Waals surface area (Å²) in [6.07, 6.45) is 22.3. The minimum absolute atomic E-state index is 0.469. The zero-order valence-corrected chi connectivity index (χ0v) is 24.6. The summed E-state index contributed by atoms with van der Waals surface area (Å²) in [5.74, 6) is 0.693. The van der Waals surface area contributed by atoms with Gasteiger partial charge in [0, 0.05) is 6.61 Å². The molecule has 1 aromatic rings. The highest BCUT2D eigenvalue weighted by molar-refractivity contribution is 5.51. The lowest BCUT2D eigenvalue weighted by atomic mass is 10.0. The maximum absolute atomic E-state index is 5.83. The van der Waals surface area contributed by atoms with E-state index >= 15 is 0 Å². The van der Waals surface area contributed by atoms with Crippen molar-refractivity contribution in [3.8, 4) is 5.75 Å². The summed E-state index contributed by atoms with van der Waals surface area (Å²) in [6, 6.07) is 7.46. The first-order valence-corrected chi connectivity index (χ1v) is 15.6. The Morgan fingerprint density at radius 2 is 0.816 bits per heavy atom. The highest BCUT2D eigenvalue weighted by atomic mass is 16.6. The molecule has 6 heteroatoms. The van der Waals surface area contributed by atoms with Crippen LogP contribution >= 0.6 is 0 Å². The van der Waals surface area contributed by atoms with Crippen molar-refractivity contribution in [2.75, 3.05) is 65.2 Å². The Hall–Kier alpha value is -1.34. The molecule has 0 aliphatic rings. The fraction of sp³-hybridized carbons (Fsp3) is 0.812. The third-order valence-electron chi connectivity index (χ3n) is 6.66. The average Bonchev–Trinajstić information content (AvgIpc) is 2.93. The molecule has 222 valence electrons. The summed E-state index contributed by atoms with van der Waals surface area (Å²) >= 11 is 0. The minimum atomic E-state index is 0.469. The summed E-state index contributed by atoms with van der Waals surface area (Å²) < 4.78 is 27.8. The SMILES string of the molecule is CCCCCCCCCCCCCCCCCCOCCOCCOCCOCCOc1ccccc1N. The molecule has 0 unspecified atom stereocenters. The molecule has 0 heterocycles. The number of hydrogen-bond donors (Lipinski definition) is 1. The van der Waals surface area contributed by atoms with E-state index in [4.69, 9.17) is 29.4 Å². The van der Waals surface area contributed by atoms with Gasteiger partial charge in [-0.15, -0.1) is 0 Å². The number of hydrogen-bond acceptors (Lipinski definition) is 6. The first kappa shape index (κ1) is 34.7. The average molecular weight is 538 g/mol. The molecule has 0 aliphatic heterocycles. The van der Waals surface area contributed by atoms with Crippen molar-refractivity contribution in [1.29, 1.82) is 0 Å². The van der Waals surface area contributed by atoms with E-state index in [1.807, 2.05) is 24.3 Å². The van der Waals surface area contributed by atoms with Gasteiger partial charge in [-0.1, -0.05) is 115 Å². The van der Waals surface area contributed by atoms with Gasteiger partial charge in [0.2, 0.25) is 0 Å². The predicted molar refractivity (Wildman–Crippen MR) is 159 cm³/mol. The van der Waals surface area contributed by atoms with E-state index in [-0.39, 0.29) is 0 Å². The van der Waals surface area contributed by atoms with Crippen LogP contribution < -0.4 is 10.5 Å². The first-order chi connectivity index (χ1) is 18.8. The number of nitrogens with two attached hydrogens (primary N) is 1. The van der Waals surface area contributed by atoms with Gasteiger partial charge in [0.15, 0.2) is 0 Å². The van der Waals surface area contributed by atoms with Crippen molar-refractivity contribution in [1.82, 2.24) is 0 Å². The zero-order valence-electron chi connectivity index (χ0n) is 24.6. The van der Waals surface area contributed by atoms with Crippen LogP contribution in [-0.4, -0.2) is 59.5 Å². The van der Waals surface area contributed by atoms with E-state index in [1.165, 1.54) is 96.3 Å². The second-order valence-corrected chi connectivity index (χ2v) is 10.1. The smallest absolute Gasteiger partial charge is 0.142 e. The molecule has 1 aromatic carbocycles. The molecular formula is C32H59NO5. The molecule has 2 N–H and O–H groups in total. The van der Waals surface area contributed by atoms with Crippen LogP contribution in [0.4, 0.5) is 5.69 Å². The molecule has 0 radical (unpaired) electrons. The molecule has 38 heavy (non-hydrogen) atoms. The minimum Gasteiger partial charge on any atom is -0.489 e. The third-order valence-corrected chi connectivity index (χ3v) is 6.66. The van der Waals surface area contributed by atoms with E-state index < -0.39 is 0 Å². The topological polar surface area (TPSA) is 72.2 Å². The first-order valence-electron chi connectivity index (χ1n) is 15.6. The number of para-hydroxylation sites is 2. The largest absolute Gasteiger partial charge is 0.489 e. The molecule has 0 spiro atoms. The van der Waals surface area contributed by atoms with E-state index in [0.717, 1.165) is 13.0 Å². The Bertz CT molecular complexity index is 601. The van der Waals surface area contributed by atoms with Crippen molar-refractivity contribution in [3.63, 3.8) is 0 Å². The molecule has 0 aromatic heterocycles.